The highest BCUT2D eigenvalue weighted by atomic mass is 32.2. The average molecular weight is 354 g/mol. The molecule has 3 rings (SSSR count). The van der Waals surface area contributed by atoms with E-state index in [1.807, 2.05) is 30.3 Å². The molecule has 1 aliphatic heterocycles. The van der Waals surface area contributed by atoms with Crippen LogP contribution in [0.5, 0.6) is 0 Å². The van der Waals surface area contributed by atoms with Gasteiger partial charge in [-0.2, -0.15) is 0 Å². The Kier molecular flexibility index (Phi) is 5.66. The number of nitrogens with zero attached hydrogens (tertiary/aromatic N) is 2. The molecule has 0 fully saturated rings. The fourth-order valence-corrected chi connectivity index (χ4v) is 3.52. The van der Waals surface area contributed by atoms with E-state index in [4.69, 9.17) is 0 Å². The first-order valence-electron chi connectivity index (χ1n) is 8.27. The molecule has 1 aliphatic rings. The van der Waals surface area contributed by atoms with Gasteiger partial charge in [-0.1, -0.05) is 55.4 Å². The first kappa shape index (κ1) is 17.4. The van der Waals surface area contributed by atoms with E-state index in [1.54, 1.807) is 34.9 Å². The highest BCUT2D eigenvalue weighted by Gasteiger charge is 2.31. The van der Waals surface area contributed by atoms with Crippen molar-refractivity contribution in [3.05, 3.63) is 71.7 Å². The first-order valence-corrected chi connectivity index (χ1v) is 9.26. The summed E-state index contributed by atoms with van der Waals surface area (Å²) in [6.45, 7) is 2.13. The fraction of sp³-hybridized carbons (Fsp3) is 0.200. The summed E-state index contributed by atoms with van der Waals surface area (Å²) in [6, 6.07) is 15.6. The molecule has 0 aromatic heterocycles. The monoisotopic (exact) mass is 354 g/mol. The minimum Gasteiger partial charge on any atom is -0.266 e. The quantitative estimate of drug-likeness (QED) is 0.552. The van der Waals surface area contributed by atoms with Crippen LogP contribution in [0.25, 0.3) is 6.08 Å². The van der Waals surface area contributed by atoms with Crippen LogP contribution in [-0.4, -0.2) is 16.8 Å². The number of hydrogen-bond acceptors (Lipinski definition) is 3. The van der Waals surface area contributed by atoms with Gasteiger partial charge in [0.25, 0.3) is 5.91 Å². The number of halogens is 1. The number of amidine groups is 1. The van der Waals surface area contributed by atoms with Crippen LogP contribution in [0.1, 0.15) is 25.3 Å². The molecule has 2 aromatic carbocycles. The lowest BCUT2D eigenvalue weighted by Crippen LogP contribution is -2.30. The Morgan fingerprint density at radius 1 is 1.12 bits per heavy atom. The van der Waals surface area contributed by atoms with Crippen molar-refractivity contribution < 1.29 is 9.18 Å². The van der Waals surface area contributed by atoms with E-state index in [2.05, 4.69) is 11.9 Å². The van der Waals surface area contributed by atoms with Crippen molar-refractivity contribution in [3.8, 4) is 0 Å². The number of rotatable bonds is 5. The largest absolute Gasteiger partial charge is 0.283 e. The molecule has 0 saturated heterocycles. The maximum atomic E-state index is 13.2. The van der Waals surface area contributed by atoms with Gasteiger partial charge in [0.05, 0.1) is 5.69 Å². The van der Waals surface area contributed by atoms with Gasteiger partial charge in [-0.25, -0.2) is 9.38 Å². The van der Waals surface area contributed by atoms with Crippen molar-refractivity contribution in [2.45, 2.75) is 19.8 Å². The molecule has 0 radical (unpaired) electrons. The molecule has 128 valence electrons. The van der Waals surface area contributed by atoms with Gasteiger partial charge in [0.1, 0.15) is 11.5 Å². The van der Waals surface area contributed by atoms with Gasteiger partial charge in [0.2, 0.25) is 0 Å². The van der Waals surface area contributed by atoms with Gasteiger partial charge < -0.3 is 0 Å². The Hall–Kier alpha value is -2.40. The molecule has 0 atom stereocenters. The molecule has 0 spiro atoms. The third kappa shape index (κ3) is 4.17. The second-order valence-corrected chi connectivity index (χ2v) is 6.72. The Bertz CT molecular complexity index is 800. The topological polar surface area (TPSA) is 32.7 Å². The summed E-state index contributed by atoms with van der Waals surface area (Å²) in [6.07, 6.45) is 3.91. The number of carbonyl (C=O) groups excluding carboxylic acids is 1. The van der Waals surface area contributed by atoms with Gasteiger partial charge >= 0.3 is 0 Å². The van der Waals surface area contributed by atoms with Gasteiger partial charge in [0, 0.05) is 5.75 Å². The number of aliphatic imine (C=N–C) groups is 1. The Morgan fingerprint density at radius 3 is 2.52 bits per heavy atom. The van der Waals surface area contributed by atoms with Gasteiger partial charge in [-0.3, -0.25) is 9.69 Å². The molecular weight excluding hydrogens is 335 g/mol. The van der Waals surface area contributed by atoms with Crippen LogP contribution < -0.4 is 4.90 Å². The summed E-state index contributed by atoms with van der Waals surface area (Å²) in [5, 5.41) is 0.646. The van der Waals surface area contributed by atoms with E-state index < -0.39 is 0 Å². The van der Waals surface area contributed by atoms with Crippen LogP contribution >= 0.6 is 11.8 Å². The van der Waals surface area contributed by atoms with Gasteiger partial charge in [-0.05, 0) is 42.3 Å². The van der Waals surface area contributed by atoms with Crippen molar-refractivity contribution in [1.82, 2.24) is 0 Å². The molecule has 0 bridgehead atoms. The van der Waals surface area contributed by atoms with Crippen LogP contribution in [0.3, 0.4) is 0 Å². The number of amides is 1. The number of unbranched alkanes of at least 4 members (excludes halogenated alkanes) is 1. The van der Waals surface area contributed by atoms with E-state index in [9.17, 15) is 9.18 Å². The molecule has 25 heavy (non-hydrogen) atoms. The summed E-state index contributed by atoms with van der Waals surface area (Å²) >= 11 is 1.55. The van der Waals surface area contributed by atoms with E-state index in [0.29, 0.717) is 16.6 Å². The predicted octanol–water partition coefficient (Wildman–Crippen LogP) is 5.10. The van der Waals surface area contributed by atoms with Crippen molar-refractivity contribution in [3.63, 3.8) is 0 Å². The predicted molar refractivity (Wildman–Crippen MR) is 103 cm³/mol. The summed E-state index contributed by atoms with van der Waals surface area (Å²) < 4.78 is 13.2. The number of hydrogen-bond donors (Lipinski definition) is 0. The molecule has 2 aromatic rings. The van der Waals surface area contributed by atoms with Crippen LogP contribution in [0.2, 0.25) is 0 Å². The van der Waals surface area contributed by atoms with Crippen molar-refractivity contribution in [2.24, 2.45) is 4.99 Å². The Balaban J connectivity index is 1.92. The lowest BCUT2D eigenvalue weighted by molar-refractivity contribution is -0.113. The highest BCUT2D eigenvalue weighted by Crippen LogP contribution is 2.29. The Morgan fingerprint density at radius 2 is 1.84 bits per heavy atom. The molecule has 1 amide bonds. The van der Waals surface area contributed by atoms with Gasteiger partial charge in [-0.15, -0.1) is 0 Å². The number of anilines is 1. The van der Waals surface area contributed by atoms with Crippen LogP contribution in [0.4, 0.5) is 10.1 Å². The maximum absolute atomic E-state index is 13.2. The number of carbonyl (C=O) groups is 1. The smallest absolute Gasteiger partial charge is 0.266 e. The summed E-state index contributed by atoms with van der Waals surface area (Å²) in [7, 11) is 0. The van der Waals surface area contributed by atoms with Crippen LogP contribution in [0.15, 0.2) is 65.3 Å². The lowest BCUT2D eigenvalue weighted by atomic mass is 10.2. The maximum Gasteiger partial charge on any atom is 0.283 e. The van der Waals surface area contributed by atoms with Crippen LogP contribution in [0, 0.1) is 5.82 Å². The number of benzene rings is 2. The zero-order valence-corrected chi connectivity index (χ0v) is 14.8. The molecule has 1 heterocycles. The lowest BCUT2D eigenvalue weighted by Gasteiger charge is -2.17. The first-order chi connectivity index (χ1) is 12.2. The van der Waals surface area contributed by atoms with E-state index in [0.717, 1.165) is 24.2 Å². The fourth-order valence-electron chi connectivity index (χ4n) is 2.43. The zero-order valence-electron chi connectivity index (χ0n) is 14.0. The van der Waals surface area contributed by atoms with Crippen LogP contribution in [-0.2, 0) is 4.79 Å². The highest BCUT2D eigenvalue weighted by molar-refractivity contribution is 8.14. The van der Waals surface area contributed by atoms with E-state index >= 15 is 0 Å². The minimum absolute atomic E-state index is 0.186. The van der Waals surface area contributed by atoms with Crippen molar-refractivity contribution in [2.75, 3.05) is 10.7 Å². The van der Waals surface area contributed by atoms with E-state index in [1.165, 1.54) is 12.1 Å². The van der Waals surface area contributed by atoms with Crippen molar-refractivity contribution >= 4 is 34.6 Å². The standard InChI is InChI=1S/C20H19FN2OS/c1-2-3-13-25-20-22-18(14-15-7-5-4-6-8-15)19(24)23(20)17-11-9-16(21)10-12-17/h4-12,14H,2-3,13H2,1H3/b18-14-. The molecule has 0 N–H and O–H groups in total. The third-order valence-corrected chi connectivity index (χ3v) is 4.77. The normalized spacial score (nSPS) is 15.8. The molecular formula is C20H19FN2OS. The molecule has 3 nitrogen and oxygen atoms in total. The molecule has 5 heteroatoms. The number of thioether (sulfide) groups is 1. The molecule has 0 saturated carbocycles. The van der Waals surface area contributed by atoms with Gasteiger partial charge in [0.15, 0.2) is 5.17 Å². The van der Waals surface area contributed by atoms with Crippen molar-refractivity contribution in [1.29, 1.82) is 0 Å². The minimum atomic E-state index is -0.326. The summed E-state index contributed by atoms with van der Waals surface area (Å²) in [4.78, 5) is 19.0. The second-order valence-electron chi connectivity index (χ2n) is 5.65. The summed E-state index contributed by atoms with van der Waals surface area (Å²) in [5.41, 5.74) is 1.95. The molecule has 0 unspecified atom stereocenters. The SMILES string of the molecule is CCCCSC1=N/C(=C\c2ccccc2)C(=O)N1c1ccc(F)cc1. The van der Waals surface area contributed by atoms with E-state index in [-0.39, 0.29) is 11.7 Å². The average Bonchev–Trinajstić information content (AvgIpc) is 2.93. The second kappa shape index (κ2) is 8.12. The molecule has 0 aliphatic carbocycles. The zero-order chi connectivity index (χ0) is 17.6. The third-order valence-electron chi connectivity index (χ3n) is 3.75. The summed E-state index contributed by atoms with van der Waals surface area (Å²) in [5.74, 6) is 0.376. The Labute approximate surface area is 151 Å².